The van der Waals surface area contributed by atoms with Crippen molar-refractivity contribution in [1.29, 1.82) is 0 Å². The summed E-state index contributed by atoms with van der Waals surface area (Å²) in [5.74, 6) is 0.0461. The maximum atomic E-state index is 13.3. The summed E-state index contributed by atoms with van der Waals surface area (Å²) in [5, 5.41) is 5.71. The van der Waals surface area contributed by atoms with E-state index in [1.807, 2.05) is 20.8 Å². The largest absolute Gasteiger partial charge is 0.492 e. The second-order valence-corrected chi connectivity index (χ2v) is 6.09. The summed E-state index contributed by atoms with van der Waals surface area (Å²) in [4.78, 5) is 11.3. The number of rotatable bonds is 7. The first-order valence-electron chi connectivity index (χ1n) is 8.13. The zero-order valence-electron chi connectivity index (χ0n) is 14.7. The molecule has 138 valence electrons. The number of nitrogens with one attached hydrogen (secondary N) is 1. The van der Waals surface area contributed by atoms with E-state index in [4.69, 9.17) is 14.0 Å². The molecule has 2 heterocycles. The molecule has 0 aliphatic carbocycles. The molecule has 1 aliphatic rings. The van der Waals surface area contributed by atoms with Gasteiger partial charge in [0.15, 0.2) is 0 Å². The van der Waals surface area contributed by atoms with Crippen molar-refractivity contribution in [1.82, 2.24) is 15.6 Å². The van der Waals surface area contributed by atoms with Crippen molar-refractivity contribution < 1.29 is 23.2 Å². The molecule has 1 N–H and O–H groups in total. The third kappa shape index (κ3) is 3.03. The zero-order chi connectivity index (χ0) is 18.7. The summed E-state index contributed by atoms with van der Waals surface area (Å²) < 4.78 is 29.5. The smallest absolute Gasteiger partial charge is 0.295 e. The van der Waals surface area contributed by atoms with E-state index in [2.05, 4.69) is 10.6 Å². The van der Waals surface area contributed by atoms with Crippen LogP contribution in [0.1, 0.15) is 26.5 Å². The van der Waals surface area contributed by atoms with Crippen molar-refractivity contribution in [3.8, 4) is 5.75 Å². The molecule has 2 unspecified atom stereocenters. The summed E-state index contributed by atoms with van der Waals surface area (Å²) in [5.41, 5.74) is 4.00. The number of halogens is 1. The lowest BCUT2D eigenvalue weighted by molar-refractivity contribution is -0.174. The average Bonchev–Trinajstić information content (AvgIpc) is 3.24. The van der Waals surface area contributed by atoms with Crippen molar-refractivity contribution in [2.45, 2.75) is 32.5 Å². The molecule has 1 aromatic heterocycles. The van der Waals surface area contributed by atoms with Crippen LogP contribution in [0.5, 0.6) is 5.75 Å². The van der Waals surface area contributed by atoms with Gasteiger partial charge in [0.1, 0.15) is 30.1 Å². The van der Waals surface area contributed by atoms with Gasteiger partial charge in [-0.3, -0.25) is 4.79 Å². The minimum absolute atomic E-state index is 0.221. The third-order valence-electron chi connectivity index (χ3n) is 4.43. The number of benzene rings is 1. The second kappa shape index (κ2) is 7.17. The van der Waals surface area contributed by atoms with Crippen molar-refractivity contribution in [2.24, 2.45) is 0 Å². The maximum absolute atomic E-state index is 13.3. The second-order valence-electron chi connectivity index (χ2n) is 6.09. The predicted octanol–water partition coefficient (Wildman–Crippen LogP) is 2.72. The van der Waals surface area contributed by atoms with E-state index >= 15 is 0 Å². The molecular formula is C18H20FN3O4. The first-order chi connectivity index (χ1) is 12.5. The van der Waals surface area contributed by atoms with E-state index < -0.39 is 5.72 Å². The normalized spacial score (nSPS) is 21.4. The number of allylic oxidation sites excluding steroid dienone is 1. The number of carbonyl (C=O) groups excluding carboxylic acids is 1. The highest BCUT2D eigenvalue weighted by Crippen LogP contribution is 2.41. The van der Waals surface area contributed by atoms with Crippen LogP contribution in [0.3, 0.4) is 0 Å². The molecule has 0 saturated heterocycles. The van der Waals surface area contributed by atoms with Crippen LogP contribution in [0.4, 0.5) is 4.39 Å². The number of hydrogen-bond acceptors (Lipinski definition) is 7. The molecule has 2 atom stereocenters. The molecule has 0 fully saturated rings. The molecule has 26 heavy (non-hydrogen) atoms. The third-order valence-corrected chi connectivity index (χ3v) is 4.43. The lowest BCUT2D eigenvalue weighted by Gasteiger charge is -2.39. The Morgan fingerprint density at radius 1 is 1.42 bits per heavy atom. The van der Waals surface area contributed by atoms with Gasteiger partial charge in [-0.2, -0.15) is 5.01 Å². The molecule has 1 aromatic carbocycles. The topological polar surface area (TPSA) is 76.8 Å². The fourth-order valence-corrected chi connectivity index (χ4v) is 3.02. The van der Waals surface area contributed by atoms with E-state index in [0.29, 0.717) is 17.9 Å². The minimum atomic E-state index is -1.25. The summed E-state index contributed by atoms with van der Waals surface area (Å²) >= 11 is 0. The first kappa shape index (κ1) is 17.9. The highest BCUT2D eigenvalue weighted by molar-refractivity contribution is 5.44. The number of aromatic nitrogens is 1. The maximum Gasteiger partial charge on any atom is 0.295 e. The van der Waals surface area contributed by atoms with E-state index in [-0.39, 0.29) is 18.5 Å². The molecule has 0 bridgehead atoms. The van der Waals surface area contributed by atoms with Gasteiger partial charge in [-0.15, -0.1) is 0 Å². The van der Waals surface area contributed by atoms with Crippen LogP contribution in [-0.4, -0.2) is 29.3 Å². The van der Waals surface area contributed by atoms with E-state index in [9.17, 15) is 9.18 Å². The van der Waals surface area contributed by atoms with Gasteiger partial charge in [0.2, 0.25) is 0 Å². The van der Waals surface area contributed by atoms with Gasteiger partial charge in [-0.05, 0) is 32.9 Å². The Morgan fingerprint density at radius 2 is 2.23 bits per heavy atom. The highest BCUT2D eigenvalue weighted by Gasteiger charge is 2.52. The molecule has 3 rings (SSSR count). The quantitative estimate of drug-likeness (QED) is 0.760. The van der Waals surface area contributed by atoms with Gasteiger partial charge < -0.3 is 19.4 Å². The van der Waals surface area contributed by atoms with Crippen LogP contribution in [-0.2, 0) is 15.3 Å². The molecule has 0 amide bonds. The Morgan fingerprint density at radius 3 is 2.88 bits per heavy atom. The SMILES string of the molecule is CC1=C(C)C(OC=O)(c2ccon2)N(C(C)COc2cccc(F)c2)N1. The van der Waals surface area contributed by atoms with E-state index in [1.54, 1.807) is 23.2 Å². The molecule has 0 radical (unpaired) electrons. The van der Waals surface area contributed by atoms with Gasteiger partial charge in [0, 0.05) is 23.4 Å². The number of nitrogens with zero attached hydrogens (tertiary/aromatic N) is 2. The first-order valence-corrected chi connectivity index (χ1v) is 8.13. The van der Waals surface area contributed by atoms with Crippen LogP contribution in [0.25, 0.3) is 0 Å². The highest BCUT2D eigenvalue weighted by atomic mass is 19.1. The summed E-state index contributed by atoms with van der Waals surface area (Å²) in [6, 6.07) is 7.29. The summed E-state index contributed by atoms with van der Waals surface area (Å²) in [7, 11) is 0. The van der Waals surface area contributed by atoms with Gasteiger partial charge >= 0.3 is 0 Å². The molecule has 0 saturated carbocycles. The van der Waals surface area contributed by atoms with Crippen LogP contribution in [0.2, 0.25) is 0 Å². The fraction of sp³-hybridized carbons (Fsp3) is 0.333. The van der Waals surface area contributed by atoms with Crippen LogP contribution >= 0.6 is 0 Å². The molecule has 7 nitrogen and oxygen atoms in total. The van der Waals surface area contributed by atoms with Gasteiger partial charge in [-0.25, -0.2) is 4.39 Å². The average molecular weight is 361 g/mol. The lowest BCUT2D eigenvalue weighted by atomic mass is 9.99. The molecular weight excluding hydrogens is 341 g/mol. The van der Waals surface area contributed by atoms with Gasteiger partial charge in [-0.1, -0.05) is 11.2 Å². The van der Waals surface area contributed by atoms with Gasteiger partial charge in [0.25, 0.3) is 12.2 Å². The van der Waals surface area contributed by atoms with Crippen molar-refractivity contribution in [3.63, 3.8) is 0 Å². The lowest BCUT2D eigenvalue weighted by Crippen LogP contribution is -2.55. The number of carbonyl (C=O) groups is 1. The van der Waals surface area contributed by atoms with Crippen LogP contribution < -0.4 is 10.2 Å². The van der Waals surface area contributed by atoms with Crippen molar-refractivity contribution in [2.75, 3.05) is 6.61 Å². The van der Waals surface area contributed by atoms with Crippen LogP contribution in [0, 0.1) is 5.82 Å². The van der Waals surface area contributed by atoms with Crippen LogP contribution in [0.15, 0.2) is 52.4 Å². The fourth-order valence-electron chi connectivity index (χ4n) is 3.02. The van der Waals surface area contributed by atoms with E-state index in [0.717, 1.165) is 11.3 Å². The Bertz CT molecular complexity index is 809. The zero-order valence-corrected chi connectivity index (χ0v) is 14.7. The standard InChI is InChI=1S/C18H20FN3O4/c1-12(10-24-16-6-4-5-15(19)9-16)22-18(25-11-23,13(2)14(3)20-22)17-7-8-26-21-17/h4-9,11-12,20H,10H2,1-3H3. The van der Waals surface area contributed by atoms with Gasteiger partial charge in [0.05, 0.1) is 6.04 Å². The summed E-state index contributed by atoms with van der Waals surface area (Å²) in [6.45, 7) is 6.21. The van der Waals surface area contributed by atoms with Crippen molar-refractivity contribution in [3.05, 3.63) is 59.4 Å². The van der Waals surface area contributed by atoms with Crippen molar-refractivity contribution >= 4 is 6.47 Å². The molecule has 8 heteroatoms. The van der Waals surface area contributed by atoms with E-state index in [1.165, 1.54) is 18.4 Å². The Labute approximate surface area is 150 Å². The number of ether oxygens (including phenoxy) is 2. The Kier molecular flexibility index (Phi) is 4.94. The minimum Gasteiger partial charge on any atom is -0.492 e. The monoisotopic (exact) mass is 361 g/mol. The summed E-state index contributed by atoms with van der Waals surface area (Å²) in [6.07, 6.45) is 1.41. The molecule has 1 aliphatic heterocycles. The number of hydrogen-bond donors (Lipinski definition) is 1. The predicted molar refractivity (Wildman–Crippen MR) is 90.0 cm³/mol. The molecule has 2 aromatic rings. The molecule has 0 spiro atoms. The number of hydrazine groups is 1. The Hall–Kier alpha value is -2.87. The Balaban J connectivity index is 1.86.